The lowest BCUT2D eigenvalue weighted by atomic mass is 10.0. The maximum atomic E-state index is 13.2. The first-order valence-electron chi connectivity index (χ1n) is 12.8. The van der Waals surface area contributed by atoms with Gasteiger partial charge in [-0.2, -0.15) is 4.31 Å². The minimum atomic E-state index is -3.47. The monoisotopic (exact) mass is 545 g/mol. The number of hydrogen-bond donors (Lipinski definition) is 1. The molecule has 202 valence electrons. The van der Waals surface area contributed by atoms with E-state index in [1.165, 1.54) is 13.2 Å². The Kier molecular flexibility index (Phi) is 7.60. The molecule has 10 heteroatoms. The van der Waals surface area contributed by atoms with E-state index in [4.69, 9.17) is 4.74 Å². The number of benzene rings is 1. The molecule has 0 saturated carbocycles. The lowest BCUT2D eigenvalue weighted by Gasteiger charge is -2.30. The van der Waals surface area contributed by atoms with Crippen LogP contribution in [0.15, 0.2) is 82.6 Å². The molecule has 39 heavy (non-hydrogen) atoms. The summed E-state index contributed by atoms with van der Waals surface area (Å²) in [5.41, 5.74) is 3.84. The maximum absolute atomic E-state index is 13.2. The molecule has 2 aliphatic rings. The van der Waals surface area contributed by atoms with Gasteiger partial charge in [0, 0.05) is 61.0 Å². The van der Waals surface area contributed by atoms with Crippen molar-refractivity contribution in [1.29, 1.82) is 0 Å². The van der Waals surface area contributed by atoms with Crippen molar-refractivity contribution in [3.05, 3.63) is 88.7 Å². The zero-order valence-electron chi connectivity index (χ0n) is 22.0. The summed E-state index contributed by atoms with van der Waals surface area (Å²) < 4.78 is 34.7. The summed E-state index contributed by atoms with van der Waals surface area (Å²) in [6.07, 6.45) is 11.0. The van der Waals surface area contributed by atoms with Gasteiger partial charge in [-0.3, -0.25) is 14.3 Å². The molecule has 1 saturated heterocycles. The molecule has 0 amide bonds. The average molecular weight is 546 g/mol. The van der Waals surface area contributed by atoms with Crippen molar-refractivity contribution in [2.24, 2.45) is 4.99 Å². The Hall–Kier alpha value is -3.86. The molecule has 1 aliphatic heterocycles. The van der Waals surface area contributed by atoms with Gasteiger partial charge in [0.25, 0.3) is 5.56 Å². The van der Waals surface area contributed by atoms with Crippen molar-refractivity contribution in [1.82, 2.24) is 19.2 Å². The van der Waals surface area contributed by atoms with Crippen molar-refractivity contribution < 1.29 is 13.2 Å². The van der Waals surface area contributed by atoms with Gasteiger partial charge in [0.2, 0.25) is 15.9 Å². The second-order valence-corrected chi connectivity index (χ2v) is 11.6. The summed E-state index contributed by atoms with van der Waals surface area (Å²) in [6, 6.07) is 9.20. The van der Waals surface area contributed by atoms with E-state index in [1.54, 1.807) is 39.4 Å². The van der Waals surface area contributed by atoms with E-state index in [1.807, 2.05) is 37.3 Å². The van der Waals surface area contributed by atoms with Gasteiger partial charge in [-0.25, -0.2) is 13.4 Å². The predicted octanol–water partition coefficient (Wildman–Crippen LogP) is 3.55. The number of nitrogens with one attached hydrogen (secondary N) is 1. The number of aromatic nitrogens is 2. The minimum absolute atomic E-state index is 0.197. The number of pyridine rings is 2. The SMILES string of the molecule is C=N/C(=C\C=C(/C)c1ccc2ncc3ccc(=O)n(C4=CCC(S(=O)(=O)N5CCNCC5)C=C4)c3c2c1)OC. The quantitative estimate of drug-likeness (QED) is 0.211. The lowest BCUT2D eigenvalue weighted by Crippen LogP contribution is -2.49. The third-order valence-electron chi connectivity index (χ3n) is 7.13. The normalized spacial score (nSPS) is 19.3. The number of nitrogens with zero attached hydrogens (tertiary/aromatic N) is 4. The number of sulfonamides is 1. The standard InChI is InChI=1S/C29H31N5O4S/c1-20(4-12-27(30-2)38-3)21-5-11-26-25(18-21)29-22(19-32-26)6-13-28(35)34(29)23-7-9-24(10-8-23)39(36,37)33-16-14-31-15-17-33/h4-9,11-13,18-19,24,31H,2,10,14-17H2,1,3H3/b20-4+,27-12+. The summed E-state index contributed by atoms with van der Waals surface area (Å²) in [5, 5.41) is 4.16. The van der Waals surface area contributed by atoms with Crippen molar-refractivity contribution in [2.75, 3.05) is 33.3 Å². The highest BCUT2D eigenvalue weighted by molar-refractivity contribution is 7.89. The van der Waals surface area contributed by atoms with Gasteiger partial charge in [0.05, 0.1) is 23.4 Å². The smallest absolute Gasteiger partial charge is 0.255 e. The third kappa shape index (κ3) is 5.23. The molecule has 0 radical (unpaired) electrons. The number of allylic oxidation sites excluding steroid dienone is 6. The summed E-state index contributed by atoms with van der Waals surface area (Å²) >= 11 is 0. The Morgan fingerprint density at radius 1 is 1.21 bits per heavy atom. The summed E-state index contributed by atoms with van der Waals surface area (Å²) in [6.45, 7) is 7.70. The van der Waals surface area contributed by atoms with Crippen LogP contribution in [-0.4, -0.2) is 67.5 Å². The van der Waals surface area contributed by atoms with E-state index in [9.17, 15) is 13.2 Å². The number of rotatable bonds is 7. The zero-order valence-corrected chi connectivity index (χ0v) is 22.8. The molecule has 0 bridgehead atoms. The maximum Gasteiger partial charge on any atom is 0.255 e. The molecule has 5 rings (SSSR count). The summed E-state index contributed by atoms with van der Waals surface area (Å²) in [7, 11) is -1.94. The molecule has 1 N–H and O–H groups in total. The van der Waals surface area contributed by atoms with Gasteiger partial charge in [0.1, 0.15) is 0 Å². The van der Waals surface area contributed by atoms with E-state index in [0.717, 1.165) is 32.9 Å². The van der Waals surface area contributed by atoms with Gasteiger partial charge < -0.3 is 10.1 Å². The highest BCUT2D eigenvalue weighted by Gasteiger charge is 2.32. The second kappa shape index (κ2) is 11.1. The van der Waals surface area contributed by atoms with E-state index in [2.05, 4.69) is 22.0 Å². The molecule has 3 aromatic rings. The van der Waals surface area contributed by atoms with Crippen molar-refractivity contribution in [3.63, 3.8) is 0 Å². The number of fused-ring (bicyclic) bond motifs is 3. The van der Waals surface area contributed by atoms with Gasteiger partial charge in [0.15, 0.2) is 0 Å². The molecule has 9 nitrogen and oxygen atoms in total. The molecule has 2 aromatic heterocycles. The van der Waals surface area contributed by atoms with Gasteiger partial charge in [-0.15, -0.1) is 0 Å². The molecule has 1 aromatic carbocycles. The zero-order chi connectivity index (χ0) is 27.6. The van der Waals surface area contributed by atoms with Gasteiger partial charge >= 0.3 is 0 Å². The molecule has 1 unspecified atom stereocenters. The molecule has 0 spiro atoms. The highest BCUT2D eigenvalue weighted by Crippen LogP contribution is 2.30. The number of aliphatic imine (C=N–C) groups is 1. The lowest BCUT2D eigenvalue weighted by molar-refractivity contribution is 0.289. The molecule has 1 fully saturated rings. The van der Waals surface area contributed by atoms with E-state index >= 15 is 0 Å². The number of methoxy groups -OCH3 is 1. The molecular formula is C29H31N5O4S. The number of ether oxygens (including phenoxy) is 1. The van der Waals surface area contributed by atoms with Crippen molar-refractivity contribution in [3.8, 4) is 0 Å². The molecular weight excluding hydrogens is 514 g/mol. The van der Waals surface area contributed by atoms with Gasteiger partial charge in [-0.1, -0.05) is 24.3 Å². The van der Waals surface area contributed by atoms with Crippen LogP contribution in [0, 0.1) is 0 Å². The predicted molar refractivity (Wildman–Crippen MR) is 157 cm³/mol. The fraction of sp³-hybridized carbons (Fsp3) is 0.276. The number of hydrogen-bond acceptors (Lipinski definition) is 7. The molecule has 3 heterocycles. The van der Waals surface area contributed by atoms with Crippen LogP contribution in [0.1, 0.15) is 18.9 Å². The Balaban J connectivity index is 1.57. The Morgan fingerprint density at radius 2 is 2.00 bits per heavy atom. The van der Waals surface area contributed by atoms with Crippen molar-refractivity contribution >= 4 is 49.8 Å². The third-order valence-corrected chi connectivity index (χ3v) is 9.33. The van der Waals surface area contributed by atoms with Crippen LogP contribution in [0.4, 0.5) is 0 Å². The molecule has 1 aliphatic carbocycles. The minimum Gasteiger partial charge on any atom is -0.481 e. The van der Waals surface area contributed by atoms with Gasteiger partial charge in [-0.05, 0) is 55.5 Å². The van der Waals surface area contributed by atoms with E-state index < -0.39 is 15.3 Å². The highest BCUT2D eigenvalue weighted by atomic mass is 32.2. The first-order chi connectivity index (χ1) is 18.8. The summed E-state index contributed by atoms with van der Waals surface area (Å²) in [4.78, 5) is 21.7. The second-order valence-electron chi connectivity index (χ2n) is 9.47. The van der Waals surface area contributed by atoms with Crippen LogP contribution in [0.3, 0.4) is 0 Å². The van der Waals surface area contributed by atoms with Crippen LogP contribution < -0.4 is 10.9 Å². The number of piperazine rings is 1. The first-order valence-corrected chi connectivity index (χ1v) is 14.3. The van der Waals surface area contributed by atoms with Crippen LogP contribution >= 0.6 is 0 Å². The summed E-state index contributed by atoms with van der Waals surface area (Å²) in [5.74, 6) is 0.407. The Labute approximate surface area is 227 Å². The largest absolute Gasteiger partial charge is 0.481 e. The fourth-order valence-electron chi connectivity index (χ4n) is 4.96. The van der Waals surface area contributed by atoms with Crippen LogP contribution in [0.2, 0.25) is 0 Å². The Morgan fingerprint density at radius 3 is 2.69 bits per heavy atom. The Bertz CT molecular complexity index is 1730. The average Bonchev–Trinajstić information content (AvgIpc) is 2.97. The van der Waals surface area contributed by atoms with Crippen LogP contribution in [-0.2, 0) is 14.8 Å². The van der Waals surface area contributed by atoms with Crippen molar-refractivity contribution in [2.45, 2.75) is 18.6 Å². The van der Waals surface area contributed by atoms with E-state index in [0.29, 0.717) is 44.2 Å². The fourth-order valence-corrected chi connectivity index (χ4v) is 6.65. The van der Waals surface area contributed by atoms with E-state index in [-0.39, 0.29) is 5.56 Å². The first kappa shape index (κ1) is 26.7. The van der Waals surface area contributed by atoms with Crippen LogP contribution in [0.5, 0.6) is 0 Å². The topological polar surface area (TPSA) is 106 Å². The molecule has 1 atom stereocenters. The van der Waals surface area contributed by atoms with Crippen LogP contribution in [0.25, 0.3) is 33.1 Å².